The molecule has 0 N–H and O–H groups in total. The molecule has 4 rings (SSSR count). The maximum atomic E-state index is 13.7. The summed E-state index contributed by atoms with van der Waals surface area (Å²) < 4.78 is 27.5. The van der Waals surface area contributed by atoms with Gasteiger partial charge in [-0.25, -0.2) is 0 Å². The van der Waals surface area contributed by atoms with Crippen molar-refractivity contribution in [2.75, 3.05) is 35.0 Å². The Balaban J connectivity index is 1.93. The van der Waals surface area contributed by atoms with Gasteiger partial charge in [0.1, 0.15) is 17.1 Å². The molecule has 2 aromatic carbocycles. The molecule has 0 atom stereocenters. The minimum atomic E-state index is -0.227. The summed E-state index contributed by atoms with van der Waals surface area (Å²) in [7, 11) is 6.12. The zero-order chi connectivity index (χ0) is 21.3. The standard InChI is InChI=1S/C23H21NO6/c1-26-15-5-6-16-17(11-15)30-22(13-7-8-24-12-13)20(16)21(25)14-9-18(27-2)23(29-4)19(10-14)28-3/h5-7,9-12H,8H2,1-4H3. The number of carbonyl (C=O) groups excluding carboxylic acids is 1. The van der Waals surface area contributed by atoms with Gasteiger partial charge in [-0.3, -0.25) is 9.79 Å². The fourth-order valence-corrected chi connectivity index (χ4v) is 3.50. The Bertz CT molecular complexity index is 1160. The summed E-state index contributed by atoms with van der Waals surface area (Å²) in [5.41, 5.74) is 2.16. The van der Waals surface area contributed by atoms with Crippen LogP contribution in [0.5, 0.6) is 23.0 Å². The Labute approximate surface area is 173 Å². The molecular formula is C23H21NO6. The van der Waals surface area contributed by atoms with Gasteiger partial charge in [0.05, 0.1) is 40.5 Å². The zero-order valence-electron chi connectivity index (χ0n) is 17.1. The summed E-state index contributed by atoms with van der Waals surface area (Å²) in [6.07, 6.45) is 3.63. The molecule has 0 unspecified atom stereocenters. The van der Waals surface area contributed by atoms with E-state index in [1.807, 2.05) is 12.1 Å². The fourth-order valence-electron chi connectivity index (χ4n) is 3.50. The molecular weight excluding hydrogens is 386 g/mol. The third-order valence-electron chi connectivity index (χ3n) is 4.96. The second-order valence-corrected chi connectivity index (χ2v) is 6.57. The van der Waals surface area contributed by atoms with Crippen molar-refractivity contribution in [3.63, 3.8) is 0 Å². The highest BCUT2D eigenvalue weighted by Crippen LogP contribution is 2.40. The molecule has 1 aliphatic heterocycles. The number of aliphatic imine (C=N–C) groups is 1. The molecule has 2 heterocycles. The summed E-state index contributed by atoms with van der Waals surface area (Å²) in [5, 5.41) is 0.686. The molecule has 0 spiro atoms. The highest BCUT2D eigenvalue weighted by atomic mass is 16.5. The van der Waals surface area contributed by atoms with E-state index >= 15 is 0 Å². The van der Waals surface area contributed by atoms with Crippen molar-refractivity contribution in [3.05, 3.63) is 53.3 Å². The fraction of sp³-hybridized carbons (Fsp3) is 0.217. The summed E-state index contributed by atoms with van der Waals surface area (Å²) in [6.45, 7) is 0.549. The molecule has 7 nitrogen and oxygen atoms in total. The van der Waals surface area contributed by atoms with E-state index in [1.165, 1.54) is 21.3 Å². The lowest BCUT2D eigenvalue weighted by Gasteiger charge is -2.13. The van der Waals surface area contributed by atoms with Gasteiger partial charge < -0.3 is 23.4 Å². The van der Waals surface area contributed by atoms with Crippen LogP contribution < -0.4 is 18.9 Å². The van der Waals surface area contributed by atoms with E-state index in [0.717, 1.165) is 5.57 Å². The van der Waals surface area contributed by atoms with Crippen LogP contribution in [0.15, 0.2) is 45.8 Å². The lowest BCUT2D eigenvalue weighted by Crippen LogP contribution is -2.06. The Morgan fingerprint density at radius 3 is 2.27 bits per heavy atom. The lowest BCUT2D eigenvalue weighted by molar-refractivity contribution is 0.103. The van der Waals surface area contributed by atoms with Gasteiger partial charge in [0.15, 0.2) is 17.3 Å². The number of hydrogen-bond donors (Lipinski definition) is 0. The zero-order valence-corrected chi connectivity index (χ0v) is 17.1. The molecule has 0 amide bonds. The Morgan fingerprint density at radius 2 is 1.70 bits per heavy atom. The van der Waals surface area contributed by atoms with Gasteiger partial charge in [0.2, 0.25) is 5.75 Å². The largest absolute Gasteiger partial charge is 0.497 e. The molecule has 0 radical (unpaired) electrons. The maximum Gasteiger partial charge on any atom is 0.203 e. The summed E-state index contributed by atoms with van der Waals surface area (Å²) in [5.74, 6) is 2.11. The molecule has 0 saturated heterocycles. The molecule has 1 aliphatic rings. The molecule has 154 valence electrons. The number of allylic oxidation sites excluding steroid dienone is 1. The first kappa shape index (κ1) is 19.6. The summed E-state index contributed by atoms with van der Waals surface area (Å²) in [4.78, 5) is 17.9. The number of hydrogen-bond acceptors (Lipinski definition) is 7. The van der Waals surface area contributed by atoms with E-state index in [1.54, 1.807) is 37.6 Å². The minimum absolute atomic E-state index is 0.227. The molecule has 0 bridgehead atoms. The second kappa shape index (κ2) is 7.94. The van der Waals surface area contributed by atoms with Crippen molar-refractivity contribution in [1.29, 1.82) is 0 Å². The molecule has 1 aromatic heterocycles. The third kappa shape index (κ3) is 3.18. The number of carbonyl (C=O) groups is 1. The van der Waals surface area contributed by atoms with E-state index < -0.39 is 0 Å². The number of rotatable bonds is 7. The molecule has 3 aromatic rings. The number of ketones is 1. The van der Waals surface area contributed by atoms with Crippen LogP contribution >= 0.6 is 0 Å². The van der Waals surface area contributed by atoms with Gasteiger partial charge in [-0.05, 0) is 24.3 Å². The van der Waals surface area contributed by atoms with E-state index in [-0.39, 0.29) is 5.78 Å². The van der Waals surface area contributed by atoms with E-state index in [2.05, 4.69) is 4.99 Å². The van der Waals surface area contributed by atoms with Crippen molar-refractivity contribution in [1.82, 2.24) is 0 Å². The number of furan rings is 1. The smallest absolute Gasteiger partial charge is 0.203 e. The first-order valence-electron chi connectivity index (χ1n) is 9.26. The van der Waals surface area contributed by atoms with Crippen LogP contribution in [0.3, 0.4) is 0 Å². The number of benzene rings is 2. The molecule has 0 saturated carbocycles. The van der Waals surface area contributed by atoms with Gasteiger partial charge in [-0.1, -0.05) is 6.08 Å². The van der Waals surface area contributed by atoms with Crippen molar-refractivity contribution in [2.24, 2.45) is 4.99 Å². The Hall–Kier alpha value is -3.74. The van der Waals surface area contributed by atoms with Gasteiger partial charge in [0.25, 0.3) is 0 Å². The molecule has 30 heavy (non-hydrogen) atoms. The Kier molecular flexibility index (Phi) is 5.18. The van der Waals surface area contributed by atoms with E-state index in [4.69, 9.17) is 23.4 Å². The van der Waals surface area contributed by atoms with Gasteiger partial charge in [0, 0.05) is 28.8 Å². The number of methoxy groups -OCH3 is 4. The van der Waals surface area contributed by atoms with E-state index in [0.29, 0.717) is 57.4 Å². The first-order valence-corrected chi connectivity index (χ1v) is 9.26. The maximum absolute atomic E-state index is 13.7. The third-order valence-corrected chi connectivity index (χ3v) is 4.96. The van der Waals surface area contributed by atoms with Gasteiger partial charge in [-0.15, -0.1) is 0 Å². The SMILES string of the molecule is COc1ccc2c(C(=O)c3cc(OC)c(OC)c(OC)c3)c(C3=CCN=C3)oc2c1. The van der Waals surface area contributed by atoms with Crippen LogP contribution in [0.25, 0.3) is 16.5 Å². The van der Waals surface area contributed by atoms with Crippen LogP contribution in [0, 0.1) is 0 Å². The average Bonchev–Trinajstić information content (AvgIpc) is 3.44. The second-order valence-electron chi connectivity index (χ2n) is 6.57. The monoisotopic (exact) mass is 407 g/mol. The molecule has 0 fully saturated rings. The van der Waals surface area contributed by atoms with Crippen LogP contribution in [-0.4, -0.2) is 47.0 Å². The quantitative estimate of drug-likeness (QED) is 0.547. The van der Waals surface area contributed by atoms with E-state index in [9.17, 15) is 4.79 Å². The lowest BCUT2D eigenvalue weighted by atomic mass is 9.97. The predicted octanol–water partition coefficient (Wildman–Crippen LogP) is 4.17. The normalized spacial score (nSPS) is 12.7. The predicted molar refractivity (Wildman–Crippen MR) is 114 cm³/mol. The van der Waals surface area contributed by atoms with Crippen molar-refractivity contribution in [3.8, 4) is 23.0 Å². The van der Waals surface area contributed by atoms with Crippen molar-refractivity contribution >= 4 is 28.5 Å². The highest BCUT2D eigenvalue weighted by molar-refractivity contribution is 6.23. The summed E-state index contributed by atoms with van der Waals surface area (Å²) >= 11 is 0. The van der Waals surface area contributed by atoms with Gasteiger partial charge in [-0.2, -0.15) is 0 Å². The van der Waals surface area contributed by atoms with Gasteiger partial charge >= 0.3 is 0 Å². The summed E-state index contributed by atoms with van der Waals surface area (Å²) in [6, 6.07) is 8.64. The van der Waals surface area contributed by atoms with Crippen LogP contribution in [0.1, 0.15) is 21.7 Å². The van der Waals surface area contributed by atoms with Crippen LogP contribution in [0.2, 0.25) is 0 Å². The number of nitrogens with zero attached hydrogens (tertiary/aromatic N) is 1. The van der Waals surface area contributed by atoms with Crippen LogP contribution in [0.4, 0.5) is 0 Å². The minimum Gasteiger partial charge on any atom is -0.497 e. The van der Waals surface area contributed by atoms with Crippen LogP contribution in [-0.2, 0) is 0 Å². The molecule has 7 heteroatoms. The number of ether oxygens (including phenoxy) is 4. The average molecular weight is 407 g/mol. The highest BCUT2D eigenvalue weighted by Gasteiger charge is 2.27. The first-order chi connectivity index (χ1) is 14.6. The van der Waals surface area contributed by atoms with Crippen molar-refractivity contribution in [2.45, 2.75) is 0 Å². The molecule has 0 aliphatic carbocycles. The Morgan fingerprint density at radius 1 is 0.967 bits per heavy atom. The topological polar surface area (TPSA) is 79.5 Å². The van der Waals surface area contributed by atoms with Crippen molar-refractivity contribution < 1.29 is 28.2 Å². The number of fused-ring (bicyclic) bond motifs is 1.